The van der Waals surface area contributed by atoms with E-state index in [1.54, 1.807) is 69.3 Å². The number of ketones is 1. The van der Waals surface area contributed by atoms with E-state index in [9.17, 15) is 48.3 Å². The lowest BCUT2D eigenvalue weighted by molar-refractivity contribution is -0.162. The normalized spacial score (nSPS) is 25.6. The Bertz CT molecular complexity index is 2350. The number of nitrogens with one attached hydrogen (secondary N) is 4. The third-order valence-electron chi connectivity index (χ3n) is 14.6. The highest BCUT2D eigenvalue weighted by atomic mass is 16.6. The van der Waals surface area contributed by atoms with Gasteiger partial charge in [-0.25, -0.2) is 9.59 Å². The quantitative estimate of drug-likeness (QED) is 0.123. The lowest BCUT2D eigenvalue weighted by atomic mass is 9.89. The van der Waals surface area contributed by atoms with Crippen molar-refractivity contribution in [1.29, 1.82) is 0 Å². The lowest BCUT2D eigenvalue weighted by Gasteiger charge is -2.36. The maximum Gasteiger partial charge on any atom is 0.410 e. The molecule has 2 aliphatic rings. The number of carbonyl (C=O) groups excluding carboxylic acids is 9. The van der Waals surface area contributed by atoms with Crippen LogP contribution in [0.1, 0.15) is 119 Å². The van der Waals surface area contributed by atoms with Crippen molar-refractivity contribution in [3.8, 4) is 5.75 Å². The number of likely N-dealkylation sites (N-methyl/N-ethyl adjacent to an activating group) is 2. The number of aliphatic hydroxyl groups is 1. The molecule has 0 aromatic heterocycles. The number of rotatable bonds is 15. The summed E-state index contributed by atoms with van der Waals surface area (Å²) < 4.78 is 17.1. The van der Waals surface area contributed by atoms with Crippen molar-refractivity contribution in [3.05, 3.63) is 65.7 Å². The Morgan fingerprint density at radius 3 is 2.09 bits per heavy atom. The Morgan fingerprint density at radius 1 is 0.857 bits per heavy atom. The minimum Gasteiger partial charge on any atom is -0.497 e. The molecule has 0 bridgehead atoms. The molecular formula is C57H85N7O13. The van der Waals surface area contributed by atoms with E-state index in [1.807, 2.05) is 40.7 Å². The SMILES string of the molecule is CC[C@H](C)[C@H]1NC(=O)[C@H](NC(=O)[C@@H](CC(C)C)N(C)C(=O)OCc2ccccc2)[C@@H](C)OC(=O)[C@H](Cc2ccc(OC)cc2)N(C)C(=O)[C@@H]2CCCN2C(=O)[C@H](CC(C)C)NC(=O)[C@@H](C)C(=O)[C@H](C(C)C)NC(=O)C[C@@H]1O. The molecule has 2 aromatic carbocycles. The summed E-state index contributed by atoms with van der Waals surface area (Å²) in [5.41, 5.74) is 1.31. The predicted molar refractivity (Wildman–Crippen MR) is 287 cm³/mol. The lowest BCUT2D eigenvalue weighted by Crippen LogP contribution is -2.61. The van der Waals surface area contributed by atoms with E-state index in [0.717, 1.165) is 4.90 Å². The number of fused-ring (bicyclic) bond motifs is 1. The Labute approximate surface area is 454 Å². The molecule has 0 unspecified atom stereocenters. The molecule has 20 heteroatoms. The zero-order valence-corrected chi connectivity index (χ0v) is 47.3. The number of carbonyl (C=O) groups is 9. The Hall–Kier alpha value is -6.57. The number of hydrogen-bond acceptors (Lipinski definition) is 13. The number of aliphatic hydroxyl groups excluding tert-OH is 1. The van der Waals surface area contributed by atoms with Crippen LogP contribution < -0.4 is 26.0 Å². The number of ether oxygens (including phenoxy) is 3. The largest absolute Gasteiger partial charge is 0.497 e. The van der Waals surface area contributed by atoms with E-state index in [4.69, 9.17) is 14.2 Å². The molecule has 426 valence electrons. The van der Waals surface area contributed by atoms with E-state index in [2.05, 4.69) is 21.3 Å². The van der Waals surface area contributed by atoms with Gasteiger partial charge < -0.3 is 50.4 Å². The molecule has 0 saturated carbocycles. The number of esters is 1. The number of hydrogen-bond donors (Lipinski definition) is 5. The second kappa shape index (κ2) is 29.2. The van der Waals surface area contributed by atoms with Crippen molar-refractivity contribution in [1.82, 2.24) is 36.0 Å². The molecule has 11 atom stereocenters. The van der Waals surface area contributed by atoms with Gasteiger partial charge in [0, 0.05) is 27.1 Å². The van der Waals surface area contributed by atoms with Gasteiger partial charge in [0.2, 0.25) is 35.4 Å². The third kappa shape index (κ3) is 17.5. The van der Waals surface area contributed by atoms with Crippen LogP contribution in [0.25, 0.3) is 0 Å². The van der Waals surface area contributed by atoms with E-state index < -0.39 is 132 Å². The van der Waals surface area contributed by atoms with Crippen molar-refractivity contribution >= 4 is 53.3 Å². The van der Waals surface area contributed by atoms with Gasteiger partial charge in [0.15, 0.2) is 5.78 Å². The highest BCUT2D eigenvalue weighted by Gasteiger charge is 2.44. The average molecular weight is 1080 g/mol. The van der Waals surface area contributed by atoms with Gasteiger partial charge in [-0.2, -0.15) is 0 Å². The van der Waals surface area contributed by atoms with Crippen LogP contribution in [-0.2, 0) is 60.9 Å². The van der Waals surface area contributed by atoms with Gasteiger partial charge in [-0.15, -0.1) is 0 Å². The van der Waals surface area contributed by atoms with Crippen molar-refractivity contribution < 1.29 is 62.5 Å². The standard InChI is InChI=1S/C57H85N7O13/c1-14-35(8)48-45(65)30-46(66)59-47(34(6)7)50(67)36(9)51(68)58-41(27-32(2)3)54(71)64-26-18-21-42(64)55(72)62(11)44(29-38-22-24-40(75-13)25-23-38)56(73)77-37(10)49(53(70)60-48)61-52(69)43(28-33(4)5)63(12)57(74)76-31-39-19-16-15-17-20-39/h15-17,19-20,22-25,32-37,41-45,47-49,65H,14,18,21,26-31H2,1-13H3,(H,58,68)(H,59,66)(H,60,70)(H,61,69)/t35-,36-,37+,41-,42-,43+,44-,45-,47-,48+,49+/m0/s1. The number of nitrogens with zero attached hydrogens (tertiary/aromatic N) is 3. The zero-order valence-electron chi connectivity index (χ0n) is 47.3. The smallest absolute Gasteiger partial charge is 0.410 e. The predicted octanol–water partition coefficient (Wildman–Crippen LogP) is 4.33. The third-order valence-corrected chi connectivity index (χ3v) is 14.6. The molecule has 2 aromatic rings. The van der Waals surface area contributed by atoms with Gasteiger partial charge in [-0.05, 0) is 86.5 Å². The molecule has 0 spiro atoms. The van der Waals surface area contributed by atoms with Crippen molar-refractivity contribution in [2.75, 3.05) is 27.7 Å². The van der Waals surface area contributed by atoms with Crippen LogP contribution >= 0.6 is 0 Å². The highest BCUT2D eigenvalue weighted by molar-refractivity contribution is 6.06. The molecule has 2 fully saturated rings. The minimum atomic E-state index is -1.71. The van der Waals surface area contributed by atoms with Crippen LogP contribution in [0.4, 0.5) is 4.79 Å². The summed E-state index contributed by atoms with van der Waals surface area (Å²) in [7, 11) is 4.32. The fourth-order valence-corrected chi connectivity index (χ4v) is 9.68. The molecular weight excluding hydrogens is 991 g/mol. The minimum absolute atomic E-state index is 0.0811. The van der Waals surface area contributed by atoms with Gasteiger partial charge in [0.1, 0.15) is 48.7 Å². The Morgan fingerprint density at radius 2 is 1.51 bits per heavy atom. The van der Waals surface area contributed by atoms with Crippen LogP contribution in [0.2, 0.25) is 0 Å². The summed E-state index contributed by atoms with van der Waals surface area (Å²) >= 11 is 0. The molecule has 2 saturated heterocycles. The van der Waals surface area contributed by atoms with Gasteiger partial charge in [-0.1, -0.05) is 104 Å². The second-order valence-electron chi connectivity index (χ2n) is 21.9. The molecule has 0 radical (unpaired) electrons. The maximum atomic E-state index is 14.9. The van der Waals surface area contributed by atoms with Crippen LogP contribution in [0, 0.1) is 29.6 Å². The van der Waals surface area contributed by atoms with E-state index >= 15 is 0 Å². The molecule has 2 heterocycles. The van der Waals surface area contributed by atoms with Crippen molar-refractivity contribution in [2.45, 2.75) is 175 Å². The molecule has 0 aliphatic carbocycles. The van der Waals surface area contributed by atoms with Gasteiger partial charge >= 0.3 is 12.1 Å². The van der Waals surface area contributed by atoms with Crippen LogP contribution in [0.5, 0.6) is 5.75 Å². The monoisotopic (exact) mass is 1080 g/mol. The van der Waals surface area contributed by atoms with Gasteiger partial charge in [0.05, 0.1) is 37.6 Å². The summed E-state index contributed by atoms with van der Waals surface area (Å²) in [4.78, 5) is 133. The number of Topliss-reactive ketones (excluding diaryl/α,β-unsaturated/α-hetero) is 1. The second-order valence-corrected chi connectivity index (χ2v) is 21.9. The maximum absolute atomic E-state index is 14.9. The first-order valence-electron chi connectivity index (χ1n) is 27.1. The number of amides is 7. The van der Waals surface area contributed by atoms with Crippen LogP contribution in [0.15, 0.2) is 54.6 Å². The first kappa shape index (κ1) is 63.0. The summed E-state index contributed by atoms with van der Waals surface area (Å²) in [6.45, 7) is 17.2. The summed E-state index contributed by atoms with van der Waals surface area (Å²) in [6.07, 6.45) is -3.26. The van der Waals surface area contributed by atoms with E-state index in [1.165, 1.54) is 44.9 Å². The molecule has 77 heavy (non-hydrogen) atoms. The molecule has 5 N–H and O–H groups in total. The van der Waals surface area contributed by atoms with Crippen LogP contribution in [-0.4, -0.2) is 155 Å². The first-order valence-corrected chi connectivity index (χ1v) is 27.1. The van der Waals surface area contributed by atoms with E-state index in [-0.39, 0.29) is 50.7 Å². The van der Waals surface area contributed by atoms with Gasteiger partial charge in [0.25, 0.3) is 0 Å². The topological polar surface area (TPSA) is 259 Å². The van der Waals surface area contributed by atoms with Crippen molar-refractivity contribution in [2.24, 2.45) is 29.6 Å². The highest BCUT2D eigenvalue weighted by Crippen LogP contribution is 2.26. The molecule has 20 nitrogen and oxygen atoms in total. The summed E-state index contributed by atoms with van der Waals surface area (Å²) in [5, 5.41) is 22.9. The first-order chi connectivity index (χ1) is 36.3. The summed E-state index contributed by atoms with van der Waals surface area (Å²) in [6, 6.07) is 6.91. The molecule has 2 aliphatic heterocycles. The number of cyclic esters (lactones) is 1. The van der Waals surface area contributed by atoms with Gasteiger partial charge in [-0.3, -0.25) is 38.5 Å². The van der Waals surface area contributed by atoms with Crippen LogP contribution in [0.3, 0.4) is 0 Å². The summed E-state index contributed by atoms with van der Waals surface area (Å²) in [5.74, 6) is -8.08. The average Bonchev–Trinajstić information content (AvgIpc) is 3.89. The molecule has 4 rings (SSSR count). The Balaban J connectivity index is 1.86. The zero-order chi connectivity index (χ0) is 57.4. The fraction of sp³-hybridized carbons (Fsp3) is 0.632. The molecule has 7 amide bonds. The fourth-order valence-electron chi connectivity index (χ4n) is 9.68. The van der Waals surface area contributed by atoms with Crippen molar-refractivity contribution in [3.63, 3.8) is 0 Å². The number of methoxy groups -OCH3 is 1. The number of benzene rings is 2. The van der Waals surface area contributed by atoms with E-state index in [0.29, 0.717) is 29.7 Å². The Kier molecular flexibility index (Phi) is 23.9.